The maximum atomic E-state index is 12.8. The van der Waals surface area contributed by atoms with E-state index in [0.717, 1.165) is 33.3 Å². The number of carbonyl (C=O) groups excluding carboxylic acids is 1. The molecule has 1 aliphatic rings. The van der Waals surface area contributed by atoms with Crippen LogP contribution in [0.5, 0.6) is 0 Å². The molecule has 114 valence electrons. The number of rotatable bonds is 3. The fourth-order valence-corrected chi connectivity index (χ4v) is 4.06. The quantitative estimate of drug-likeness (QED) is 0.815. The third-order valence-electron chi connectivity index (χ3n) is 3.63. The second-order valence-electron chi connectivity index (χ2n) is 5.06. The van der Waals surface area contributed by atoms with Gasteiger partial charge in [0.05, 0.1) is 32.0 Å². The summed E-state index contributed by atoms with van der Waals surface area (Å²) in [4.78, 5) is 14.7. The fraction of sp³-hybridized carbons (Fsp3) is 0.235. The molecule has 5 heteroatoms. The molecule has 2 aromatic carbocycles. The number of benzene rings is 2. The van der Waals surface area contributed by atoms with E-state index in [4.69, 9.17) is 4.74 Å². The first-order valence-corrected chi connectivity index (χ1v) is 8.31. The van der Waals surface area contributed by atoms with Gasteiger partial charge in [-0.15, -0.1) is 0 Å². The van der Waals surface area contributed by atoms with E-state index in [2.05, 4.69) is 11.8 Å². The Morgan fingerprint density at radius 3 is 2.59 bits per heavy atom. The summed E-state index contributed by atoms with van der Waals surface area (Å²) in [6.07, 6.45) is 0. The van der Waals surface area contributed by atoms with Crippen LogP contribution in [-0.2, 0) is 26.9 Å². The molecule has 0 fully saturated rings. The minimum absolute atomic E-state index is 0.202. The summed E-state index contributed by atoms with van der Waals surface area (Å²) in [7, 11) is -1.22. The van der Waals surface area contributed by atoms with Gasteiger partial charge in [0.25, 0.3) is 0 Å². The highest BCUT2D eigenvalue weighted by atomic mass is 32.2. The van der Waals surface area contributed by atoms with Crippen LogP contribution in [0.15, 0.2) is 52.3 Å². The van der Waals surface area contributed by atoms with Crippen LogP contribution in [0.3, 0.4) is 0 Å². The van der Waals surface area contributed by atoms with Gasteiger partial charge in [-0.3, -0.25) is 4.79 Å². The maximum absolute atomic E-state index is 12.8. The number of para-hydroxylation sites is 1. The molecule has 1 heterocycles. The van der Waals surface area contributed by atoms with Crippen molar-refractivity contribution in [2.24, 2.45) is 0 Å². The minimum Gasteiger partial charge on any atom is -0.461 e. The van der Waals surface area contributed by atoms with Gasteiger partial charge < -0.3 is 9.64 Å². The van der Waals surface area contributed by atoms with Crippen LogP contribution in [0, 0.1) is 0 Å². The average Bonchev–Trinajstić information content (AvgIpc) is 2.54. The lowest BCUT2D eigenvalue weighted by Crippen LogP contribution is -2.23. The van der Waals surface area contributed by atoms with Crippen molar-refractivity contribution >= 4 is 28.1 Å². The van der Waals surface area contributed by atoms with Gasteiger partial charge in [-0.2, -0.15) is 0 Å². The Kier molecular flexibility index (Phi) is 3.98. The number of fused-ring (bicyclic) bond motifs is 2. The van der Waals surface area contributed by atoms with Gasteiger partial charge in [-0.25, -0.2) is 4.21 Å². The predicted molar refractivity (Wildman–Crippen MR) is 85.7 cm³/mol. The monoisotopic (exact) mass is 315 g/mol. The van der Waals surface area contributed by atoms with Crippen LogP contribution in [-0.4, -0.2) is 16.7 Å². The summed E-state index contributed by atoms with van der Waals surface area (Å²) >= 11 is 0. The van der Waals surface area contributed by atoms with Crippen LogP contribution in [0.1, 0.15) is 19.4 Å². The highest BCUT2D eigenvalue weighted by Gasteiger charge is 2.27. The van der Waals surface area contributed by atoms with Crippen LogP contribution >= 0.6 is 0 Å². The number of esters is 1. The molecule has 22 heavy (non-hydrogen) atoms. The Hall–Kier alpha value is -2.14. The number of hydrogen-bond acceptors (Lipinski definition) is 4. The largest absolute Gasteiger partial charge is 0.461 e. The van der Waals surface area contributed by atoms with E-state index < -0.39 is 10.8 Å². The summed E-state index contributed by atoms with van der Waals surface area (Å²) in [5.74, 6) is -0.320. The van der Waals surface area contributed by atoms with E-state index in [1.165, 1.54) is 6.92 Å². The van der Waals surface area contributed by atoms with Gasteiger partial charge >= 0.3 is 5.97 Å². The molecule has 1 aliphatic heterocycles. The third kappa shape index (κ3) is 2.52. The Balaban J connectivity index is 2.05. The zero-order valence-corrected chi connectivity index (χ0v) is 13.4. The lowest BCUT2D eigenvalue weighted by molar-refractivity contribution is -0.142. The second-order valence-corrected chi connectivity index (χ2v) is 6.48. The summed E-state index contributed by atoms with van der Waals surface area (Å²) in [6, 6.07) is 13.5. The van der Waals surface area contributed by atoms with Crippen LogP contribution in [0.4, 0.5) is 11.4 Å². The smallest absolute Gasteiger partial charge is 0.302 e. The highest BCUT2D eigenvalue weighted by Crippen LogP contribution is 2.41. The number of carbonyl (C=O) groups is 1. The van der Waals surface area contributed by atoms with E-state index in [1.807, 2.05) is 42.5 Å². The maximum Gasteiger partial charge on any atom is 0.302 e. The third-order valence-corrected chi connectivity index (χ3v) is 5.10. The number of anilines is 2. The molecule has 0 saturated heterocycles. The molecule has 3 rings (SSSR count). The molecule has 0 saturated carbocycles. The van der Waals surface area contributed by atoms with Gasteiger partial charge in [-0.1, -0.05) is 18.2 Å². The number of nitrogens with zero attached hydrogens (tertiary/aromatic N) is 1. The lowest BCUT2D eigenvalue weighted by atomic mass is 10.1. The first-order valence-electron chi connectivity index (χ1n) is 7.16. The van der Waals surface area contributed by atoms with Crippen molar-refractivity contribution in [3.05, 3.63) is 48.0 Å². The molecule has 0 bridgehead atoms. The van der Waals surface area contributed by atoms with Gasteiger partial charge in [0, 0.05) is 13.5 Å². The molecule has 4 nitrogen and oxygen atoms in total. The predicted octanol–water partition coefficient (Wildman–Crippen LogP) is 3.39. The second kappa shape index (κ2) is 5.93. The molecule has 0 aliphatic carbocycles. The van der Waals surface area contributed by atoms with E-state index in [1.54, 1.807) is 0 Å². The van der Waals surface area contributed by atoms with Crippen molar-refractivity contribution in [1.82, 2.24) is 0 Å². The molecular weight excluding hydrogens is 298 g/mol. The first-order chi connectivity index (χ1) is 10.6. The molecule has 1 unspecified atom stereocenters. The van der Waals surface area contributed by atoms with Crippen molar-refractivity contribution in [3.63, 3.8) is 0 Å². The molecule has 0 N–H and O–H groups in total. The molecule has 0 spiro atoms. The van der Waals surface area contributed by atoms with E-state index in [0.29, 0.717) is 0 Å². The summed E-state index contributed by atoms with van der Waals surface area (Å²) in [5, 5.41) is 0. The normalized spacial score (nSPS) is 15.9. The summed E-state index contributed by atoms with van der Waals surface area (Å²) in [6.45, 7) is 4.45. The fourth-order valence-electron chi connectivity index (χ4n) is 2.63. The molecular formula is C17H17NO3S. The summed E-state index contributed by atoms with van der Waals surface area (Å²) < 4.78 is 17.9. The Morgan fingerprint density at radius 1 is 1.14 bits per heavy atom. The average molecular weight is 315 g/mol. The van der Waals surface area contributed by atoms with Crippen molar-refractivity contribution in [2.45, 2.75) is 30.2 Å². The van der Waals surface area contributed by atoms with Crippen LogP contribution in [0.25, 0.3) is 0 Å². The van der Waals surface area contributed by atoms with Crippen LogP contribution < -0.4 is 4.90 Å². The van der Waals surface area contributed by atoms with E-state index >= 15 is 0 Å². The molecule has 0 radical (unpaired) electrons. The Bertz CT molecular complexity index is 757. The van der Waals surface area contributed by atoms with Crippen molar-refractivity contribution in [1.29, 1.82) is 0 Å². The number of hydrogen-bond donors (Lipinski definition) is 0. The van der Waals surface area contributed by atoms with E-state index in [-0.39, 0.29) is 12.6 Å². The number of ether oxygens (including phenoxy) is 1. The van der Waals surface area contributed by atoms with Crippen molar-refractivity contribution in [3.8, 4) is 0 Å². The zero-order chi connectivity index (χ0) is 15.7. The Morgan fingerprint density at radius 2 is 1.86 bits per heavy atom. The highest BCUT2D eigenvalue weighted by molar-refractivity contribution is 7.85. The minimum atomic E-state index is -1.22. The summed E-state index contributed by atoms with van der Waals surface area (Å²) in [5.41, 5.74) is 2.78. The van der Waals surface area contributed by atoms with Crippen molar-refractivity contribution < 1.29 is 13.7 Å². The molecule has 2 aromatic rings. The van der Waals surface area contributed by atoms with Gasteiger partial charge in [0.2, 0.25) is 0 Å². The van der Waals surface area contributed by atoms with Gasteiger partial charge in [0.15, 0.2) is 0 Å². The standard InChI is InChI=1S/C17H17NO3S/c1-3-18-14-6-4-5-7-16(14)22(20)17-10-13(8-9-15(17)18)11-21-12(2)19/h4-10H,3,11H2,1-2H3. The lowest BCUT2D eigenvalue weighted by Gasteiger charge is -2.31. The molecule has 0 amide bonds. The zero-order valence-electron chi connectivity index (χ0n) is 12.5. The van der Waals surface area contributed by atoms with Gasteiger partial charge in [0.1, 0.15) is 6.61 Å². The molecule has 1 atom stereocenters. The van der Waals surface area contributed by atoms with Crippen LogP contribution in [0.2, 0.25) is 0 Å². The first kappa shape index (κ1) is 14.8. The SMILES string of the molecule is CCN1c2ccccc2S(=O)c2cc(COC(C)=O)ccc21. The van der Waals surface area contributed by atoms with Gasteiger partial charge in [-0.05, 0) is 36.8 Å². The van der Waals surface area contributed by atoms with E-state index in [9.17, 15) is 9.00 Å². The Labute approximate surface area is 132 Å². The van der Waals surface area contributed by atoms with Crippen molar-refractivity contribution in [2.75, 3.05) is 11.4 Å². The molecule has 0 aromatic heterocycles. The topological polar surface area (TPSA) is 46.6 Å².